The first-order valence-electron chi connectivity index (χ1n) is 8.02. The molecule has 0 aliphatic carbocycles. The molecule has 3 rings (SSSR count). The molecule has 0 radical (unpaired) electrons. The molecular weight excluding hydrogens is 392 g/mol. The van der Waals surface area contributed by atoms with Crippen molar-refractivity contribution in [3.05, 3.63) is 63.2 Å². The highest BCUT2D eigenvalue weighted by Crippen LogP contribution is 2.31. The number of piperazine rings is 1. The zero-order valence-electron chi connectivity index (χ0n) is 14.1. The zero-order chi connectivity index (χ0) is 19.6. The predicted octanol–water partition coefficient (Wildman–Crippen LogP) is 2.63. The summed E-state index contributed by atoms with van der Waals surface area (Å²) in [5.74, 6) is 0. The van der Waals surface area contributed by atoms with Crippen molar-refractivity contribution in [3.63, 3.8) is 0 Å². The third kappa shape index (κ3) is 3.88. The Bertz CT molecular complexity index is 1030. The van der Waals surface area contributed by atoms with Gasteiger partial charge in [-0.15, -0.1) is 0 Å². The lowest BCUT2D eigenvalue weighted by Crippen LogP contribution is -2.48. The Morgan fingerprint density at radius 1 is 1.11 bits per heavy atom. The number of hydrogen-bond acceptors (Lipinski definition) is 6. The van der Waals surface area contributed by atoms with Gasteiger partial charge in [-0.2, -0.15) is 9.57 Å². The van der Waals surface area contributed by atoms with Gasteiger partial charge in [0.15, 0.2) is 0 Å². The van der Waals surface area contributed by atoms with Crippen molar-refractivity contribution in [1.29, 1.82) is 5.26 Å². The summed E-state index contributed by atoms with van der Waals surface area (Å²) < 4.78 is 26.8. The molecule has 2 aromatic rings. The molecule has 1 saturated heterocycles. The van der Waals surface area contributed by atoms with Gasteiger partial charge in [-0.3, -0.25) is 10.1 Å². The van der Waals surface area contributed by atoms with Crippen LogP contribution in [0.25, 0.3) is 0 Å². The van der Waals surface area contributed by atoms with Crippen molar-refractivity contribution < 1.29 is 13.3 Å². The van der Waals surface area contributed by atoms with Gasteiger partial charge in [0.05, 0.1) is 21.5 Å². The van der Waals surface area contributed by atoms with E-state index in [4.69, 9.17) is 16.9 Å². The first-order chi connectivity index (χ1) is 12.8. The molecule has 0 bridgehead atoms. The molecule has 140 valence electrons. The number of benzene rings is 2. The minimum absolute atomic E-state index is 0.118. The minimum Gasteiger partial charge on any atom is -0.363 e. The molecule has 0 atom stereocenters. The molecule has 0 unspecified atom stereocenters. The first-order valence-corrected chi connectivity index (χ1v) is 9.84. The molecule has 0 spiro atoms. The number of nitrogens with zero attached hydrogens (tertiary/aromatic N) is 4. The van der Waals surface area contributed by atoms with E-state index in [2.05, 4.69) is 0 Å². The molecule has 1 heterocycles. The lowest BCUT2D eigenvalue weighted by molar-refractivity contribution is -0.384. The molecule has 27 heavy (non-hydrogen) atoms. The van der Waals surface area contributed by atoms with Crippen LogP contribution in [0.15, 0.2) is 47.4 Å². The van der Waals surface area contributed by atoms with Crippen molar-refractivity contribution in [2.24, 2.45) is 0 Å². The summed E-state index contributed by atoms with van der Waals surface area (Å²) in [6, 6.07) is 12.2. The van der Waals surface area contributed by atoms with Crippen molar-refractivity contribution in [2.75, 3.05) is 31.1 Å². The quantitative estimate of drug-likeness (QED) is 0.570. The van der Waals surface area contributed by atoms with Crippen molar-refractivity contribution >= 4 is 33.0 Å². The average Bonchev–Trinajstić information content (AvgIpc) is 2.67. The van der Waals surface area contributed by atoms with Crippen LogP contribution in [0.5, 0.6) is 0 Å². The lowest BCUT2D eigenvalue weighted by Gasteiger charge is -2.35. The largest absolute Gasteiger partial charge is 0.363 e. The highest BCUT2D eigenvalue weighted by atomic mass is 35.5. The maximum absolute atomic E-state index is 12.7. The number of nitro groups is 1. The maximum Gasteiger partial charge on any atom is 0.293 e. The van der Waals surface area contributed by atoms with Crippen molar-refractivity contribution in [3.8, 4) is 6.07 Å². The molecule has 1 aliphatic rings. The standard InChI is InChI=1S/C17H15ClN4O4S/c18-14-2-1-3-15(11-14)27(25,26)21-8-6-20(7-9-21)16-5-4-13(12-19)10-17(16)22(23)24/h1-5,10-11H,6-9H2. The summed E-state index contributed by atoms with van der Waals surface area (Å²) in [5.41, 5.74) is 0.409. The van der Waals surface area contributed by atoms with Crippen LogP contribution in [-0.2, 0) is 10.0 Å². The number of nitriles is 1. The van der Waals surface area contributed by atoms with Gasteiger partial charge in [0.25, 0.3) is 5.69 Å². The van der Waals surface area contributed by atoms with Crippen LogP contribution in [-0.4, -0.2) is 43.8 Å². The van der Waals surface area contributed by atoms with Crippen molar-refractivity contribution in [1.82, 2.24) is 4.31 Å². The van der Waals surface area contributed by atoms with Crippen molar-refractivity contribution in [2.45, 2.75) is 4.90 Å². The van der Waals surface area contributed by atoms with Crippen LogP contribution in [0.2, 0.25) is 5.02 Å². The Morgan fingerprint density at radius 3 is 2.41 bits per heavy atom. The Morgan fingerprint density at radius 2 is 1.81 bits per heavy atom. The molecular formula is C17H15ClN4O4S. The Labute approximate surface area is 161 Å². The maximum atomic E-state index is 12.7. The molecule has 1 fully saturated rings. The minimum atomic E-state index is -3.68. The van der Waals surface area contributed by atoms with Crippen LogP contribution in [0.4, 0.5) is 11.4 Å². The van der Waals surface area contributed by atoms with Crippen LogP contribution < -0.4 is 4.90 Å². The fourth-order valence-electron chi connectivity index (χ4n) is 2.95. The predicted molar refractivity (Wildman–Crippen MR) is 100 cm³/mol. The van der Waals surface area contributed by atoms with Gasteiger partial charge in [0, 0.05) is 37.3 Å². The summed E-state index contributed by atoms with van der Waals surface area (Å²) in [4.78, 5) is 12.7. The number of rotatable bonds is 4. The first kappa shape index (κ1) is 19.1. The summed E-state index contributed by atoms with van der Waals surface area (Å²) in [7, 11) is -3.68. The number of halogens is 1. The summed E-state index contributed by atoms with van der Waals surface area (Å²) in [6.07, 6.45) is 0. The van der Waals surface area contributed by atoms with Crippen LogP contribution >= 0.6 is 11.6 Å². The normalized spacial score (nSPS) is 15.3. The van der Waals surface area contributed by atoms with E-state index in [0.29, 0.717) is 23.8 Å². The van der Waals surface area contributed by atoms with Crippen LogP contribution in [0.3, 0.4) is 0 Å². The highest BCUT2D eigenvalue weighted by Gasteiger charge is 2.30. The van der Waals surface area contributed by atoms with Gasteiger partial charge in [0.1, 0.15) is 5.69 Å². The van der Waals surface area contributed by atoms with E-state index in [9.17, 15) is 18.5 Å². The molecule has 1 aliphatic heterocycles. The molecule has 0 saturated carbocycles. The van der Waals surface area contributed by atoms with E-state index in [1.165, 1.54) is 34.6 Å². The lowest BCUT2D eigenvalue weighted by atomic mass is 10.1. The topological polar surface area (TPSA) is 108 Å². The molecule has 0 aromatic heterocycles. The summed E-state index contributed by atoms with van der Waals surface area (Å²) in [5, 5.41) is 20.6. The van der Waals surface area contributed by atoms with E-state index in [0.717, 1.165) is 0 Å². The fraction of sp³-hybridized carbons (Fsp3) is 0.235. The zero-order valence-corrected chi connectivity index (χ0v) is 15.7. The summed E-state index contributed by atoms with van der Waals surface area (Å²) in [6.45, 7) is 0.969. The number of hydrogen-bond donors (Lipinski definition) is 0. The van der Waals surface area contributed by atoms with E-state index in [-0.39, 0.29) is 29.2 Å². The van der Waals surface area contributed by atoms with Gasteiger partial charge in [-0.25, -0.2) is 8.42 Å². The van der Waals surface area contributed by atoms with Crippen LogP contribution in [0, 0.1) is 21.4 Å². The van der Waals surface area contributed by atoms with E-state index in [1.54, 1.807) is 17.0 Å². The molecule has 0 amide bonds. The monoisotopic (exact) mass is 406 g/mol. The average molecular weight is 407 g/mol. The van der Waals surface area contributed by atoms with Gasteiger partial charge >= 0.3 is 0 Å². The van der Waals surface area contributed by atoms with Gasteiger partial charge in [0.2, 0.25) is 10.0 Å². The number of sulfonamides is 1. The van der Waals surface area contributed by atoms with E-state index >= 15 is 0 Å². The Kier molecular flexibility index (Phi) is 5.32. The number of nitro benzene ring substituents is 1. The Hall–Kier alpha value is -2.67. The molecule has 2 aromatic carbocycles. The molecule has 8 nitrogen and oxygen atoms in total. The third-order valence-electron chi connectivity index (χ3n) is 4.31. The highest BCUT2D eigenvalue weighted by molar-refractivity contribution is 7.89. The second-order valence-corrected chi connectivity index (χ2v) is 8.30. The molecule has 10 heteroatoms. The second-order valence-electron chi connectivity index (χ2n) is 5.92. The smallest absolute Gasteiger partial charge is 0.293 e. The van der Waals surface area contributed by atoms with E-state index in [1.807, 2.05) is 6.07 Å². The third-order valence-corrected chi connectivity index (χ3v) is 6.44. The van der Waals surface area contributed by atoms with Gasteiger partial charge < -0.3 is 4.90 Å². The van der Waals surface area contributed by atoms with E-state index < -0.39 is 14.9 Å². The SMILES string of the molecule is N#Cc1ccc(N2CCN(S(=O)(=O)c3cccc(Cl)c3)CC2)c([N+](=O)[O-])c1. The Balaban J connectivity index is 1.80. The summed E-state index contributed by atoms with van der Waals surface area (Å²) >= 11 is 5.89. The number of anilines is 1. The van der Waals surface area contributed by atoms with Crippen LogP contribution in [0.1, 0.15) is 5.56 Å². The van der Waals surface area contributed by atoms with Gasteiger partial charge in [-0.05, 0) is 30.3 Å². The van der Waals surface area contributed by atoms with Gasteiger partial charge in [-0.1, -0.05) is 17.7 Å². The fourth-order valence-corrected chi connectivity index (χ4v) is 4.68. The second kappa shape index (κ2) is 7.52. The molecule has 0 N–H and O–H groups in total.